The topological polar surface area (TPSA) is 46.4 Å². The van der Waals surface area contributed by atoms with Crippen molar-refractivity contribution in [2.75, 3.05) is 14.1 Å². The second-order valence-corrected chi connectivity index (χ2v) is 4.70. The van der Waals surface area contributed by atoms with Crippen LogP contribution >= 0.6 is 12.4 Å². The van der Waals surface area contributed by atoms with Crippen molar-refractivity contribution < 1.29 is 4.92 Å². The third kappa shape index (κ3) is 3.79. The average molecular weight is 293 g/mol. The summed E-state index contributed by atoms with van der Waals surface area (Å²) in [5, 5.41) is 10.8. The molecule has 0 amide bonds. The number of nitro benzene ring substituents is 1. The van der Waals surface area contributed by atoms with Crippen molar-refractivity contribution in [3.63, 3.8) is 0 Å². The normalized spacial score (nSPS) is 10.2. The summed E-state index contributed by atoms with van der Waals surface area (Å²) in [7, 11) is 4.01. The summed E-state index contributed by atoms with van der Waals surface area (Å²) in [5.74, 6) is 0. The molecule has 5 heteroatoms. The van der Waals surface area contributed by atoms with E-state index < -0.39 is 0 Å². The maximum atomic E-state index is 10.8. The summed E-state index contributed by atoms with van der Waals surface area (Å²) in [6.45, 7) is 0.804. The van der Waals surface area contributed by atoms with Crippen molar-refractivity contribution in [1.82, 2.24) is 4.90 Å². The highest BCUT2D eigenvalue weighted by atomic mass is 35.5. The molecule has 2 aromatic carbocycles. The van der Waals surface area contributed by atoms with Gasteiger partial charge in [-0.25, -0.2) is 0 Å². The molecular weight excluding hydrogens is 276 g/mol. The minimum absolute atomic E-state index is 0. The van der Waals surface area contributed by atoms with Crippen molar-refractivity contribution in [3.8, 4) is 11.1 Å². The largest absolute Gasteiger partial charge is 0.305 e. The molecule has 0 unspecified atom stereocenters. The zero-order chi connectivity index (χ0) is 13.8. The van der Waals surface area contributed by atoms with Crippen LogP contribution in [0.3, 0.4) is 0 Å². The molecular formula is C15H17ClN2O2. The minimum atomic E-state index is -0.363. The van der Waals surface area contributed by atoms with Gasteiger partial charge in [0.1, 0.15) is 0 Å². The van der Waals surface area contributed by atoms with Crippen LogP contribution in [0.2, 0.25) is 0 Å². The molecule has 0 atom stereocenters. The lowest BCUT2D eigenvalue weighted by Crippen LogP contribution is -2.11. The van der Waals surface area contributed by atoms with Crippen LogP contribution in [-0.2, 0) is 6.54 Å². The zero-order valence-electron chi connectivity index (χ0n) is 11.4. The first-order valence-corrected chi connectivity index (χ1v) is 6.05. The van der Waals surface area contributed by atoms with Gasteiger partial charge in [0.05, 0.1) is 4.92 Å². The summed E-state index contributed by atoms with van der Waals surface area (Å²) >= 11 is 0. The number of nitro groups is 1. The molecule has 20 heavy (non-hydrogen) atoms. The van der Waals surface area contributed by atoms with E-state index in [1.54, 1.807) is 12.1 Å². The minimum Gasteiger partial charge on any atom is -0.305 e. The molecule has 0 aliphatic rings. The molecule has 0 saturated heterocycles. The van der Waals surface area contributed by atoms with Gasteiger partial charge in [-0.1, -0.05) is 36.4 Å². The Balaban J connectivity index is 0.00000200. The van der Waals surface area contributed by atoms with Crippen LogP contribution in [0.5, 0.6) is 0 Å². The van der Waals surface area contributed by atoms with E-state index in [0.717, 1.165) is 23.2 Å². The van der Waals surface area contributed by atoms with Crippen LogP contribution in [0.25, 0.3) is 11.1 Å². The van der Waals surface area contributed by atoms with Gasteiger partial charge >= 0.3 is 0 Å². The Labute approximate surface area is 124 Å². The lowest BCUT2D eigenvalue weighted by molar-refractivity contribution is -0.384. The van der Waals surface area contributed by atoms with Crippen LogP contribution in [-0.4, -0.2) is 23.9 Å². The molecule has 4 nitrogen and oxygen atoms in total. The third-order valence-electron chi connectivity index (χ3n) is 2.87. The fraction of sp³-hybridized carbons (Fsp3) is 0.200. The Morgan fingerprint density at radius 1 is 1.10 bits per heavy atom. The monoisotopic (exact) mass is 292 g/mol. The highest BCUT2D eigenvalue weighted by Gasteiger charge is 2.10. The van der Waals surface area contributed by atoms with E-state index in [4.69, 9.17) is 0 Å². The molecule has 0 aromatic heterocycles. The number of benzene rings is 2. The van der Waals surface area contributed by atoms with E-state index in [-0.39, 0.29) is 23.0 Å². The lowest BCUT2D eigenvalue weighted by atomic mass is 9.99. The van der Waals surface area contributed by atoms with Gasteiger partial charge in [-0.3, -0.25) is 10.1 Å². The lowest BCUT2D eigenvalue weighted by Gasteiger charge is -2.14. The maximum absolute atomic E-state index is 10.8. The van der Waals surface area contributed by atoms with Gasteiger partial charge in [-0.15, -0.1) is 12.4 Å². The Bertz CT molecular complexity index is 600. The van der Waals surface area contributed by atoms with Crippen molar-refractivity contribution >= 4 is 18.1 Å². The Hall–Kier alpha value is -1.91. The van der Waals surface area contributed by atoms with Crippen molar-refractivity contribution in [2.24, 2.45) is 0 Å². The molecule has 0 radical (unpaired) electrons. The van der Waals surface area contributed by atoms with Crippen molar-refractivity contribution in [3.05, 3.63) is 64.2 Å². The van der Waals surface area contributed by atoms with Gasteiger partial charge in [0.25, 0.3) is 5.69 Å². The maximum Gasteiger partial charge on any atom is 0.270 e. The summed E-state index contributed by atoms with van der Waals surface area (Å²) < 4.78 is 0. The number of non-ortho nitro benzene ring substituents is 1. The average Bonchev–Trinajstić information content (AvgIpc) is 2.39. The van der Waals surface area contributed by atoms with Gasteiger partial charge in [-0.2, -0.15) is 0 Å². The zero-order valence-corrected chi connectivity index (χ0v) is 12.3. The first-order valence-electron chi connectivity index (χ1n) is 6.05. The Morgan fingerprint density at radius 2 is 1.80 bits per heavy atom. The van der Waals surface area contributed by atoms with E-state index in [1.165, 1.54) is 6.07 Å². The van der Waals surface area contributed by atoms with Crippen LogP contribution < -0.4 is 0 Å². The van der Waals surface area contributed by atoms with E-state index in [0.29, 0.717) is 0 Å². The van der Waals surface area contributed by atoms with Gasteiger partial charge < -0.3 is 4.90 Å². The molecule has 0 N–H and O–H groups in total. The van der Waals surface area contributed by atoms with Gasteiger partial charge in [0.2, 0.25) is 0 Å². The predicted molar refractivity (Wildman–Crippen MR) is 83.2 cm³/mol. The summed E-state index contributed by atoms with van der Waals surface area (Å²) in [6.07, 6.45) is 0. The second-order valence-electron chi connectivity index (χ2n) is 4.70. The first kappa shape index (κ1) is 16.1. The van der Waals surface area contributed by atoms with Crippen LogP contribution in [0.1, 0.15) is 5.56 Å². The standard InChI is InChI=1S/C15H16N2O2.ClH/c1-16(2)11-13-6-3-4-9-15(13)12-7-5-8-14(10-12)17(18)19;/h3-10H,11H2,1-2H3;1H. The van der Waals surface area contributed by atoms with E-state index in [2.05, 4.69) is 4.90 Å². The predicted octanol–water partition coefficient (Wildman–Crippen LogP) is 3.75. The summed E-state index contributed by atoms with van der Waals surface area (Å²) in [4.78, 5) is 12.6. The smallest absolute Gasteiger partial charge is 0.270 e. The van der Waals surface area contributed by atoms with Gasteiger partial charge in [0.15, 0.2) is 0 Å². The van der Waals surface area contributed by atoms with Crippen LogP contribution in [0, 0.1) is 10.1 Å². The molecule has 0 aliphatic carbocycles. The van der Waals surface area contributed by atoms with Crippen LogP contribution in [0.15, 0.2) is 48.5 Å². The Kier molecular flexibility index (Phi) is 5.67. The third-order valence-corrected chi connectivity index (χ3v) is 2.87. The number of hydrogen-bond donors (Lipinski definition) is 0. The Morgan fingerprint density at radius 3 is 2.45 bits per heavy atom. The quantitative estimate of drug-likeness (QED) is 0.637. The van der Waals surface area contributed by atoms with E-state index in [9.17, 15) is 10.1 Å². The number of halogens is 1. The highest BCUT2D eigenvalue weighted by Crippen LogP contribution is 2.27. The van der Waals surface area contributed by atoms with Crippen molar-refractivity contribution in [1.29, 1.82) is 0 Å². The molecule has 0 bridgehead atoms. The molecule has 0 aliphatic heterocycles. The fourth-order valence-electron chi connectivity index (χ4n) is 2.07. The number of nitrogens with zero attached hydrogens (tertiary/aromatic N) is 2. The van der Waals surface area contributed by atoms with Crippen LogP contribution in [0.4, 0.5) is 5.69 Å². The second kappa shape index (κ2) is 7.03. The fourth-order valence-corrected chi connectivity index (χ4v) is 2.07. The highest BCUT2D eigenvalue weighted by molar-refractivity contribution is 5.85. The van der Waals surface area contributed by atoms with E-state index in [1.807, 2.05) is 44.4 Å². The van der Waals surface area contributed by atoms with Gasteiger partial charge in [0, 0.05) is 18.7 Å². The molecule has 0 spiro atoms. The SMILES string of the molecule is CN(C)Cc1ccccc1-c1cccc([N+](=O)[O-])c1.Cl. The number of rotatable bonds is 4. The summed E-state index contributed by atoms with van der Waals surface area (Å²) in [5.41, 5.74) is 3.21. The molecule has 0 fully saturated rings. The molecule has 2 aromatic rings. The van der Waals surface area contributed by atoms with E-state index >= 15 is 0 Å². The molecule has 2 rings (SSSR count). The molecule has 0 heterocycles. The van der Waals surface area contributed by atoms with Crippen molar-refractivity contribution in [2.45, 2.75) is 6.54 Å². The first-order chi connectivity index (χ1) is 9.08. The van der Waals surface area contributed by atoms with Gasteiger partial charge in [-0.05, 0) is 30.8 Å². The molecule has 0 saturated carbocycles. The summed E-state index contributed by atoms with van der Waals surface area (Å²) in [6, 6.07) is 14.7. The number of hydrogen-bond acceptors (Lipinski definition) is 3. The molecule has 106 valence electrons.